The third-order valence-corrected chi connectivity index (χ3v) is 4.49. The molecule has 0 amide bonds. The fourth-order valence-electron chi connectivity index (χ4n) is 2.72. The monoisotopic (exact) mass is 308 g/mol. The summed E-state index contributed by atoms with van der Waals surface area (Å²) in [4.78, 5) is 3.39. The van der Waals surface area contributed by atoms with Crippen molar-refractivity contribution in [2.45, 2.75) is 32.8 Å². The van der Waals surface area contributed by atoms with E-state index in [9.17, 15) is 0 Å². The summed E-state index contributed by atoms with van der Waals surface area (Å²) in [7, 11) is 2.29. The lowest BCUT2D eigenvalue weighted by Gasteiger charge is -2.27. The van der Waals surface area contributed by atoms with Crippen molar-refractivity contribution in [3.05, 3.63) is 24.3 Å². The number of piperazine rings is 1. The van der Waals surface area contributed by atoms with Gasteiger partial charge in [-0.05, 0) is 37.6 Å². The molecule has 1 saturated heterocycles. The fraction of sp³-hybridized carbons (Fsp3) is 0.667. The lowest BCUT2D eigenvalue weighted by atomic mass is 10.3. The molecule has 1 heterocycles. The maximum absolute atomic E-state index is 5.83. The van der Waals surface area contributed by atoms with Crippen LogP contribution in [-0.4, -0.2) is 52.5 Å². The van der Waals surface area contributed by atoms with Crippen molar-refractivity contribution in [1.82, 2.24) is 0 Å². The van der Waals surface area contributed by atoms with E-state index < -0.39 is 0 Å². The van der Waals surface area contributed by atoms with Crippen LogP contribution in [0.2, 0.25) is 0 Å². The van der Waals surface area contributed by atoms with Gasteiger partial charge in [-0.3, -0.25) is 0 Å². The molecule has 4 nitrogen and oxygen atoms in total. The number of hydrogen-bond acceptors (Lipinski definition) is 2. The third-order valence-electron chi connectivity index (χ3n) is 4.49. The molecule has 0 unspecified atom stereocenters. The third kappa shape index (κ3) is 5.85. The molecule has 1 aromatic rings. The van der Waals surface area contributed by atoms with Gasteiger partial charge in [0.1, 0.15) is 37.7 Å². The van der Waals surface area contributed by atoms with Gasteiger partial charge in [-0.2, -0.15) is 0 Å². The molecule has 124 valence electrons. The molecular formula is C18H32N2O2+2. The highest BCUT2D eigenvalue weighted by Crippen LogP contribution is 2.19. The normalized spacial score (nSPS) is 23.0. The highest BCUT2D eigenvalue weighted by molar-refractivity contribution is 5.31. The number of quaternary nitrogens is 2. The molecule has 0 saturated carbocycles. The molecular weight excluding hydrogens is 276 g/mol. The van der Waals surface area contributed by atoms with E-state index in [0.29, 0.717) is 0 Å². The molecule has 0 bridgehead atoms. The zero-order valence-electron chi connectivity index (χ0n) is 14.4. The smallest absolute Gasteiger partial charge is 0.127 e. The summed E-state index contributed by atoms with van der Waals surface area (Å²) in [5, 5.41) is 0. The van der Waals surface area contributed by atoms with Gasteiger partial charge >= 0.3 is 0 Å². The van der Waals surface area contributed by atoms with Crippen LogP contribution >= 0.6 is 0 Å². The first-order chi connectivity index (χ1) is 10.7. The van der Waals surface area contributed by atoms with Gasteiger partial charge in [0.15, 0.2) is 0 Å². The van der Waals surface area contributed by atoms with Crippen LogP contribution in [0.15, 0.2) is 24.3 Å². The Morgan fingerprint density at radius 2 is 1.68 bits per heavy atom. The molecule has 1 aromatic carbocycles. The summed E-state index contributed by atoms with van der Waals surface area (Å²) in [6.07, 6.45) is 2.41. The first-order valence-corrected chi connectivity index (χ1v) is 8.71. The Labute approximate surface area is 135 Å². The van der Waals surface area contributed by atoms with E-state index in [1.165, 1.54) is 32.7 Å². The first kappa shape index (κ1) is 17.1. The largest absolute Gasteiger partial charge is 0.493 e. The fourth-order valence-corrected chi connectivity index (χ4v) is 2.72. The quantitative estimate of drug-likeness (QED) is 0.664. The predicted molar refractivity (Wildman–Crippen MR) is 89.1 cm³/mol. The second-order valence-electron chi connectivity index (χ2n) is 6.47. The SMILES string of the molecule is CC[C@@H](C)Oc1ccc(OCCC[NH+]2CC[NH+](C)CC2)cc1. The molecule has 2 N–H and O–H groups in total. The van der Waals surface area contributed by atoms with Crippen LogP contribution in [0.25, 0.3) is 0 Å². The van der Waals surface area contributed by atoms with Gasteiger partial charge in [0.2, 0.25) is 0 Å². The van der Waals surface area contributed by atoms with Gasteiger partial charge in [-0.25, -0.2) is 0 Å². The predicted octanol–water partition coefficient (Wildman–Crippen LogP) is 0.0460. The zero-order chi connectivity index (χ0) is 15.8. The van der Waals surface area contributed by atoms with E-state index in [0.717, 1.165) is 30.9 Å². The Balaban J connectivity index is 1.62. The van der Waals surface area contributed by atoms with Crippen molar-refractivity contribution in [3.8, 4) is 11.5 Å². The van der Waals surface area contributed by atoms with Crippen LogP contribution in [0, 0.1) is 0 Å². The number of hydrogen-bond donors (Lipinski definition) is 2. The Kier molecular flexibility index (Phi) is 7.00. The van der Waals surface area contributed by atoms with Crippen molar-refractivity contribution in [2.24, 2.45) is 0 Å². The van der Waals surface area contributed by atoms with E-state index in [2.05, 4.69) is 20.9 Å². The van der Waals surface area contributed by atoms with Gasteiger partial charge in [0.25, 0.3) is 0 Å². The van der Waals surface area contributed by atoms with E-state index in [-0.39, 0.29) is 6.10 Å². The zero-order valence-corrected chi connectivity index (χ0v) is 14.4. The van der Waals surface area contributed by atoms with E-state index in [1.807, 2.05) is 24.3 Å². The Bertz CT molecular complexity index is 414. The average molecular weight is 308 g/mol. The van der Waals surface area contributed by atoms with E-state index >= 15 is 0 Å². The summed E-state index contributed by atoms with van der Waals surface area (Å²) in [5.74, 6) is 1.86. The standard InChI is InChI=1S/C18H30N2O2/c1-4-16(2)22-18-8-6-17(7-9-18)21-15-5-10-20-13-11-19(3)12-14-20/h6-9,16H,4-5,10-15H2,1-3H3/p+2/t16-/m1/s1. The lowest BCUT2D eigenvalue weighted by molar-refractivity contribution is -1.00. The number of ether oxygens (including phenoxy) is 2. The molecule has 0 spiro atoms. The number of nitrogens with one attached hydrogen (secondary N) is 2. The first-order valence-electron chi connectivity index (χ1n) is 8.71. The van der Waals surface area contributed by atoms with Crippen molar-refractivity contribution < 1.29 is 19.3 Å². The minimum Gasteiger partial charge on any atom is -0.493 e. The average Bonchev–Trinajstić information content (AvgIpc) is 2.54. The second kappa shape index (κ2) is 9.01. The van der Waals surface area contributed by atoms with Crippen molar-refractivity contribution >= 4 is 0 Å². The van der Waals surface area contributed by atoms with Crippen LogP contribution in [0.1, 0.15) is 26.7 Å². The molecule has 1 atom stereocenters. The highest BCUT2D eigenvalue weighted by Gasteiger charge is 2.18. The number of benzene rings is 1. The topological polar surface area (TPSA) is 27.3 Å². The van der Waals surface area contributed by atoms with E-state index in [4.69, 9.17) is 9.47 Å². The maximum atomic E-state index is 5.83. The lowest BCUT2D eigenvalue weighted by Crippen LogP contribution is -3.27. The van der Waals surface area contributed by atoms with Crippen molar-refractivity contribution in [1.29, 1.82) is 0 Å². The van der Waals surface area contributed by atoms with Crippen molar-refractivity contribution in [3.63, 3.8) is 0 Å². The van der Waals surface area contributed by atoms with Crippen LogP contribution in [-0.2, 0) is 0 Å². The molecule has 0 aliphatic carbocycles. The molecule has 22 heavy (non-hydrogen) atoms. The van der Waals surface area contributed by atoms with Crippen LogP contribution in [0.3, 0.4) is 0 Å². The van der Waals surface area contributed by atoms with Gasteiger partial charge in [0, 0.05) is 6.42 Å². The molecule has 1 fully saturated rings. The molecule has 1 aliphatic rings. The maximum Gasteiger partial charge on any atom is 0.127 e. The van der Waals surface area contributed by atoms with Crippen LogP contribution < -0.4 is 19.3 Å². The second-order valence-corrected chi connectivity index (χ2v) is 6.47. The van der Waals surface area contributed by atoms with Crippen LogP contribution in [0.4, 0.5) is 0 Å². The minimum absolute atomic E-state index is 0.264. The summed E-state index contributed by atoms with van der Waals surface area (Å²) >= 11 is 0. The number of likely N-dealkylation sites (N-methyl/N-ethyl adjacent to an activating group) is 1. The van der Waals surface area contributed by atoms with Gasteiger partial charge in [-0.1, -0.05) is 6.92 Å². The molecule has 0 aromatic heterocycles. The van der Waals surface area contributed by atoms with E-state index in [1.54, 1.807) is 9.80 Å². The molecule has 2 rings (SSSR count). The summed E-state index contributed by atoms with van der Waals surface area (Å²) < 4.78 is 11.6. The number of rotatable bonds is 8. The van der Waals surface area contributed by atoms with Gasteiger partial charge < -0.3 is 19.3 Å². The summed E-state index contributed by atoms with van der Waals surface area (Å²) in [6, 6.07) is 8.00. The molecule has 1 aliphatic heterocycles. The van der Waals surface area contributed by atoms with Crippen LogP contribution in [0.5, 0.6) is 11.5 Å². The van der Waals surface area contributed by atoms with Gasteiger partial charge in [0.05, 0.1) is 26.3 Å². The summed E-state index contributed by atoms with van der Waals surface area (Å²) in [6.45, 7) is 11.4. The molecule has 0 radical (unpaired) electrons. The van der Waals surface area contributed by atoms with Crippen molar-refractivity contribution in [2.75, 3.05) is 46.4 Å². The summed E-state index contributed by atoms with van der Waals surface area (Å²) in [5.41, 5.74) is 0. The Hall–Kier alpha value is -1.26. The Morgan fingerprint density at radius 1 is 1.05 bits per heavy atom. The Morgan fingerprint density at radius 3 is 2.32 bits per heavy atom. The highest BCUT2D eigenvalue weighted by atomic mass is 16.5. The minimum atomic E-state index is 0.264. The molecule has 4 heteroatoms. The van der Waals surface area contributed by atoms with Gasteiger partial charge in [-0.15, -0.1) is 0 Å².